The first-order valence-electron chi connectivity index (χ1n) is 10.6. The lowest BCUT2D eigenvalue weighted by Crippen LogP contribution is -2.53. The van der Waals surface area contributed by atoms with Gasteiger partial charge >= 0.3 is 10.2 Å². The van der Waals surface area contributed by atoms with Crippen LogP contribution in [-0.4, -0.2) is 62.2 Å². The van der Waals surface area contributed by atoms with Crippen molar-refractivity contribution >= 4 is 39.3 Å². The van der Waals surface area contributed by atoms with E-state index in [0.29, 0.717) is 10.6 Å². The minimum Gasteiger partial charge on any atom is -0.352 e. The number of halogens is 2. The second-order valence-corrected chi connectivity index (χ2v) is 10.7. The number of nitrogens with one attached hydrogen (secondary N) is 1. The molecule has 2 amide bonds. The van der Waals surface area contributed by atoms with Gasteiger partial charge in [0, 0.05) is 31.7 Å². The van der Waals surface area contributed by atoms with Crippen molar-refractivity contribution in [3.8, 4) is 0 Å². The molecule has 0 spiro atoms. The topological polar surface area (TPSA) is 90.0 Å². The van der Waals surface area contributed by atoms with Gasteiger partial charge in [0.1, 0.15) is 18.4 Å². The van der Waals surface area contributed by atoms with E-state index in [1.54, 1.807) is 45.0 Å². The van der Waals surface area contributed by atoms with Crippen molar-refractivity contribution in [3.63, 3.8) is 0 Å². The fourth-order valence-electron chi connectivity index (χ4n) is 3.12. The predicted molar refractivity (Wildman–Crippen MR) is 131 cm³/mol. The maximum atomic E-state index is 13.5. The van der Waals surface area contributed by atoms with Crippen molar-refractivity contribution < 1.29 is 22.4 Å². The molecule has 0 aliphatic rings. The summed E-state index contributed by atoms with van der Waals surface area (Å²) in [5.41, 5.74) is 0.714. The summed E-state index contributed by atoms with van der Waals surface area (Å²) in [5, 5.41) is 3.18. The van der Waals surface area contributed by atoms with Gasteiger partial charge in [-0.3, -0.25) is 9.59 Å². The average molecular weight is 513 g/mol. The van der Waals surface area contributed by atoms with Gasteiger partial charge in [-0.1, -0.05) is 29.8 Å². The summed E-state index contributed by atoms with van der Waals surface area (Å²) in [5.74, 6) is -1.56. The second kappa shape index (κ2) is 11.6. The van der Waals surface area contributed by atoms with Crippen molar-refractivity contribution in [3.05, 3.63) is 64.9 Å². The largest absolute Gasteiger partial charge is 0.352 e. The summed E-state index contributed by atoms with van der Waals surface area (Å²) in [6, 6.07) is 10.6. The third kappa shape index (κ3) is 6.91. The minimum atomic E-state index is -4.11. The van der Waals surface area contributed by atoms with Crippen molar-refractivity contribution in [2.24, 2.45) is 0 Å². The number of amides is 2. The Morgan fingerprint density at radius 3 is 2.15 bits per heavy atom. The molecule has 2 aromatic rings. The molecular weight excluding hydrogens is 483 g/mol. The second-order valence-electron chi connectivity index (χ2n) is 8.23. The molecule has 0 saturated heterocycles. The average Bonchev–Trinajstić information content (AvgIpc) is 2.76. The SMILES string of the molecule is CC(C)NC(=O)[C@H](C)N(Cc1ccccc1Cl)C(=O)CN(c1ccc(F)cc1)S(=O)(=O)N(C)C. The van der Waals surface area contributed by atoms with E-state index in [1.807, 2.05) is 0 Å². The summed E-state index contributed by atoms with van der Waals surface area (Å²) in [4.78, 5) is 27.5. The van der Waals surface area contributed by atoms with E-state index in [0.717, 1.165) is 20.7 Å². The van der Waals surface area contributed by atoms with Crippen LogP contribution in [-0.2, 0) is 26.3 Å². The van der Waals surface area contributed by atoms with Crippen LogP contribution in [0.15, 0.2) is 48.5 Å². The third-order valence-corrected chi connectivity index (χ3v) is 7.22. The van der Waals surface area contributed by atoms with Gasteiger partial charge in [0.25, 0.3) is 0 Å². The van der Waals surface area contributed by atoms with Crippen molar-refractivity contribution in [2.45, 2.75) is 39.4 Å². The van der Waals surface area contributed by atoms with E-state index in [4.69, 9.17) is 11.6 Å². The number of hydrogen-bond acceptors (Lipinski definition) is 4. The zero-order valence-corrected chi connectivity index (χ0v) is 21.4. The molecule has 0 aromatic heterocycles. The maximum absolute atomic E-state index is 13.5. The molecule has 0 aliphatic carbocycles. The van der Waals surface area contributed by atoms with Gasteiger partial charge < -0.3 is 10.2 Å². The van der Waals surface area contributed by atoms with Crippen LogP contribution in [0.25, 0.3) is 0 Å². The van der Waals surface area contributed by atoms with Crippen LogP contribution in [0, 0.1) is 5.82 Å². The number of carbonyl (C=O) groups excluding carboxylic acids is 2. The number of anilines is 1. The number of benzene rings is 2. The van der Waals surface area contributed by atoms with Crippen LogP contribution < -0.4 is 9.62 Å². The van der Waals surface area contributed by atoms with Gasteiger partial charge in [0.05, 0.1) is 5.69 Å². The highest BCUT2D eigenvalue weighted by Crippen LogP contribution is 2.23. The number of hydrogen-bond donors (Lipinski definition) is 1. The monoisotopic (exact) mass is 512 g/mol. The van der Waals surface area contributed by atoms with Crippen LogP contribution in [0.1, 0.15) is 26.3 Å². The fraction of sp³-hybridized carbons (Fsp3) is 0.391. The van der Waals surface area contributed by atoms with E-state index < -0.39 is 34.5 Å². The van der Waals surface area contributed by atoms with E-state index in [1.165, 1.54) is 31.1 Å². The number of rotatable bonds is 10. The summed E-state index contributed by atoms with van der Waals surface area (Å²) in [6.07, 6.45) is 0. The molecule has 0 heterocycles. The molecule has 0 radical (unpaired) electrons. The smallest absolute Gasteiger partial charge is 0.304 e. The van der Waals surface area contributed by atoms with Gasteiger partial charge in [0.15, 0.2) is 0 Å². The molecule has 1 N–H and O–H groups in total. The Kier molecular flexibility index (Phi) is 9.43. The normalized spacial score (nSPS) is 12.5. The van der Waals surface area contributed by atoms with Crippen molar-refractivity contribution in [1.82, 2.24) is 14.5 Å². The van der Waals surface area contributed by atoms with Crippen LogP contribution >= 0.6 is 11.6 Å². The molecule has 0 unspecified atom stereocenters. The molecule has 11 heteroatoms. The highest BCUT2D eigenvalue weighted by molar-refractivity contribution is 7.90. The lowest BCUT2D eigenvalue weighted by molar-refractivity contribution is -0.139. The van der Waals surface area contributed by atoms with Crippen molar-refractivity contribution in [1.29, 1.82) is 0 Å². The van der Waals surface area contributed by atoms with Crippen LogP contribution in [0.4, 0.5) is 10.1 Å². The summed E-state index contributed by atoms with van der Waals surface area (Å²) in [7, 11) is -1.45. The first-order valence-corrected chi connectivity index (χ1v) is 12.4. The molecular formula is C23H30ClFN4O4S. The Hall–Kier alpha value is -2.69. The first-order chi connectivity index (χ1) is 15.8. The number of carbonyl (C=O) groups is 2. The van der Waals surface area contributed by atoms with Crippen molar-refractivity contribution in [2.75, 3.05) is 24.9 Å². The Labute approximate surface area is 205 Å². The summed E-state index contributed by atoms with van der Waals surface area (Å²) >= 11 is 6.29. The summed E-state index contributed by atoms with van der Waals surface area (Å²) in [6.45, 7) is 4.55. The van der Waals surface area contributed by atoms with Gasteiger partial charge in [-0.25, -0.2) is 8.70 Å². The summed E-state index contributed by atoms with van der Waals surface area (Å²) < 4.78 is 41.3. The number of nitrogens with zero attached hydrogens (tertiary/aromatic N) is 3. The predicted octanol–water partition coefficient (Wildman–Crippen LogP) is 3.03. The fourth-order valence-corrected chi connectivity index (χ4v) is 4.37. The lowest BCUT2D eigenvalue weighted by atomic mass is 10.1. The molecule has 2 aromatic carbocycles. The molecule has 0 fully saturated rings. The molecule has 2 rings (SSSR count). The highest BCUT2D eigenvalue weighted by atomic mass is 35.5. The molecule has 8 nitrogen and oxygen atoms in total. The quantitative estimate of drug-likeness (QED) is 0.530. The van der Waals surface area contributed by atoms with Crippen LogP contribution in [0.5, 0.6) is 0 Å². The van der Waals surface area contributed by atoms with Gasteiger partial charge in [-0.05, 0) is 56.7 Å². The van der Waals surface area contributed by atoms with Gasteiger partial charge in [0.2, 0.25) is 11.8 Å². The lowest BCUT2D eigenvalue weighted by Gasteiger charge is -2.33. The molecule has 0 saturated carbocycles. The molecule has 1 atom stereocenters. The Morgan fingerprint density at radius 1 is 1.03 bits per heavy atom. The maximum Gasteiger partial charge on any atom is 0.304 e. The molecule has 34 heavy (non-hydrogen) atoms. The standard InChI is InChI=1S/C23H30ClFN4O4S/c1-16(2)26-23(31)17(3)28(14-18-8-6-7-9-21(18)24)22(30)15-29(34(32,33)27(4)5)20-12-10-19(25)11-13-20/h6-13,16-17H,14-15H2,1-5H3,(H,26,31)/t17-/m0/s1. The Morgan fingerprint density at radius 2 is 1.62 bits per heavy atom. The zero-order valence-electron chi connectivity index (χ0n) is 19.8. The highest BCUT2D eigenvalue weighted by Gasteiger charge is 2.33. The van der Waals surface area contributed by atoms with Crippen LogP contribution in [0.2, 0.25) is 5.02 Å². The molecule has 0 bridgehead atoms. The van der Waals surface area contributed by atoms with E-state index in [-0.39, 0.29) is 24.2 Å². The van der Waals surface area contributed by atoms with E-state index in [9.17, 15) is 22.4 Å². The zero-order chi connectivity index (χ0) is 25.6. The Bertz CT molecular complexity index is 1110. The third-order valence-electron chi connectivity index (χ3n) is 5.03. The molecule has 0 aliphatic heterocycles. The van der Waals surface area contributed by atoms with Gasteiger partial charge in [-0.15, -0.1) is 0 Å². The minimum absolute atomic E-state index is 0.00947. The molecule has 186 valence electrons. The van der Waals surface area contributed by atoms with Crippen LogP contribution in [0.3, 0.4) is 0 Å². The Balaban J connectivity index is 2.46. The van der Waals surface area contributed by atoms with E-state index in [2.05, 4.69) is 5.32 Å². The van der Waals surface area contributed by atoms with E-state index >= 15 is 0 Å². The van der Waals surface area contributed by atoms with Gasteiger partial charge in [-0.2, -0.15) is 12.7 Å². The first kappa shape index (κ1) is 27.6.